The maximum Gasteiger partial charge on any atom is 0.265 e. The normalized spacial score (nSPS) is 16.1. The van der Waals surface area contributed by atoms with E-state index >= 15 is 0 Å². The Bertz CT molecular complexity index is 690. The van der Waals surface area contributed by atoms with Crippen molar-refractivity contribution in [2.24, 2.45) is 0 Å². The molecule has 1 aliphatic rings. The summed E-state index contributed by atoms with van der Waals surface area (Å²) in [5.74, 6) is -3.95. The predicted octanol–water partition coefficient (Wildman–Crippen LogP) is 2.02. The number of carbonyl (C=O) groups excluding carboxylic acids is 1. The fourth-order valence-corrected chi connectivity index (χ4v) is 3.60. The summed E-state index contributed by atoms with van der Waals surface area (Å²) < 4.78 is 54.8. The molecule has 0 N–H and O–H groups in total. The van der Waals surface area contributed by atoms with Crippen LogP contribution in [0.3, 0.4) is 0 Å². The predicted molar refractivity (Wildman–Crippen MR) is 71.1 cm³/mol. The first kappa shape index (κ1) is 16.4. The van der Waals surface area contributed by atoms with Gasteiger partial charge in [-0.05, 0) is 6.07 Å². The van der Waals surface area contributed by atoms with Crippen LogP contribution in [0.5, 0.6) is 0 Å². The molecule has 0 aromatic heterocycles. The van der Waals surface area contributed by atoms with E-state index in [1.165, 1.54) is 4.90 Å². The van der Waals surface area contributed by atoms with E-state index in [0.29, 0.717) is 6.07 Å². The molecule has 1 aromatic rings. The Labute approximate surface area is 128 Å². The van der Waals surface area contributed by atoms with Crippen LogP contribution in [-0.2, 0) is 13.8 Å². The molecule has 0 bridgehead atoms. The van der Waals surface area contributed by atoms with Gasteiger partial charge in [0.25, 0.3) is 15.0 Å². The van der Waals surface area contributed by atoms with Gasteiger partial charge in [-0.3, -0.25) is 4.79 Å². The number of benzene rings is 1. The minimum absolute atomic E-state index is 0.233. The van der Waals surface area contributed by atoms with Crippen molar-refractivity contribution in [3.63, 3.8) is 0 Å². The summed E-state index contributed by atoms with van der Waals surface area (Å²) in [4.78, 5) is 12.3. The molecule has 1 fully saturated rings. The lowest BCUT2D eigenvalue weighted by Gasteiger charge is -2.27. The van der Waals surface area contributed by atoms with Gasteiger partial charge in [0.05, 0.1) is 23.8 Å². The molecule has 1 heterocycles. The molecule has 0 aliphatic carbocycles. The van der Waals surface area contributed by atoms with Crippen molar-refractivity contribution in [2.75, 3.05) is 26.3 Å². The van der Waals surface area contributed by atoms with Gasteiger partial charge in [-0.25, -0.2) is 17.2 Å². The van der Waals surface area contributed by atoms with E-state index in [1.54, 1.807) is 0 Å². The average Bonchev–Trinajstić information content (AvgIpc) is 2.42. The van der Waals surface area contributed by atoms with E-state index in [9.17, 15) is 22.0 Å². The highest BCUT2D eigenvalue weighted by molar-refractivity contribution is 8.13. The van der Waals surface area contributed by atoms with Gasteiger partial charge in [0.15, 0.2) is 11.6 Å². The van der Waals surface area contributed by atoms with Crippen molar-refractivity contribution in [1.29, 1.82) is 0 Å². The molecule has 1 aliphatic heterocycles. The molecule has 0 spiro atoms. The SMILES string of the molecule is O=C(c1cc(F)c(F)c(S(=O)(=O)Cl)c1Cl)N1CCOCC1. The van der Waals surface area contributed by atoms with Gasteiger partial charge < -0.3 is 9.64 Å². The van der Waals surface area contributed by atoms with E-state index in [1.807, 2.05) is 0 Å². The van der Waals surface area contributed by atoms with Crippen LogP contribution in [0, 0.1) is 11.6 Å². The third-order valence-corrected chi connectivity index (χ3v) is 4.73. The molecule has 2 rings (SSSR count). The van der Waals surface area contributed by atoms with Crippen LogP contribution in [0.2, 0.25) is 5.02 Å². The summed E-state index contributed by atoms with van der Waals surface area (Å²) in [7, 11) is 0.396. The lowest BCUT2D eigenvalue weighted by atomic mass is 10.1. The van der Waals surface area contributed by atoms with Crippen LogP contribution in [0.4, 0.5) is 8.78 Å². The molecule has 0 radical (unpaired) electrons. The zero-order valence-electron chi connectivity index (χ0n) is 10.4. The number of rotatable bonds is 2. The van der Waals surface area contributed by atoms with Gasteiger partial charge in [0.1, 0.15) is 4.90 Å². The molecular weight excluding hydrogens is 351 g/mol. The number of nitrogens with zero attached hydrogens (tertiary/aromatic N) is 1. The summed E-state index contributed by atoms with van der Waals surface area (Å²) >= 11 is 5.74. The molecule has 0 saturated carbocycles. The van der Waals surface area contributed by atoms with Crippen LogP contribution in [0.15, 0.2) is 11.0 Å². The standard InChI is InChI=1S/C11H9Cl2F2NO4S/c12-8-6(11(17)16-1-3-20-4-2-16)5-7(14)9(15)10(8)21(13,18)19/h5H,1-4H2. The fourth-order valence-electron chi connectivity index (χ4n) is 1.89. The van der Waals surface area contributed by atoms with Gasteiger partial charge in [0.2, 0.25) is 0 Å². The van der Waals surface area contributed by atoms with Crippen LogP contribution >= 0.6 is 22.3 Å². The number of amides is 1. The molecule has 21 heavy (non-hydrogen) atoms. The Hall–Kier alpha value is -0.960. The van der Waals surface area contributed by atoms with Gasteiger partial charge in [-0.2, -0.15) is 0 Å². The van der Waals surface area contributed by atoms with Crippen molar-refractivity contribution in [2.45, 2.75) is 4.90 Å². The maximum atomic E-state index is 13.6. The zero-order valence-corrected chi connectivity index (χ0v) is 12.7. The second-order valence-corrected chi connectivity index (χ2v) is 7.09. The molecule has 10 heteroatoms. The molecule has 5 nitrogen and oxygen atoms in total. The number of hydrogen-bond donors (Lipinski definition) is 0. The van der Waals surface area contributed by atoms with E-state index in [-0.39, 0.29) is 26.3 Å². The number of ether oxygens (including phenoxy) is 1. The first-order valence-corrected chi connectivity index (χ1v) is 8.41. The maximum absolute atomic E-state index is 13.6. The highest BCUT2D eigenvalue weighted by atomic mass is 35.7. The lowest BCUT2D eigenvalue weighted by Crippen LogP contribution is -2.41. The van der Waals surface area contributed by atoms with Crippen molar-refractivity contribution in [3.8, 4) is 0 Å². The lowest BCUT2D eigenvalue weighted by molar-refractivity contribution is 0.0302. The van der Waals surface area contributed by atoms with Crippen LogP contribution in [-0.4, -0.2) is 45.5 Å². The molecule has 0 atom stereocenters. The molecule has 1 aromatic carbocycles. The summed E-state index contributed by atoms with van der Waals surface area (Å²) in [5.41, 5.74) is -0.461. The number of morpholine rings is 1. The third kappa shape index (κ3) is 3.28. The zero-order chi connectivity index (χ0) is 15.8. The quantitative estimate of drug-likeness (QED) is 0.598. The van der Waals surface area contributed by atoms with E-state index in [0.717, 1.165) is 0 Å². The molecule has 0 unspecified atom stereocenters. The molecule has 116 valence electrons. The Morgan fingerprint density at radius 1 is 1.29 bits per heavy atom. The van der Waals surface area contributed by atoms with Crippen molar-refractivity contribution < 1.29 is 26.7 Å². The van der Waals surface area contributed by atoms with E-state index in [2.05, 4.69) is 0 Å². The summed E-state index contributed by atoms with van der Waals surface area (Å²) in [5, 5.41) is -0.736. The monoisotopic (exact) mass is 359 g/mol. The van der Waals surface area contributed by atoms with Crippen LogP contribution in [0.25, 0.3) is 0 Å². The smallest absolute Gasteiger partial charge is 0.265 e. The van der Waals surface area contributed by atoms with Crippen molar-refractivity contribution >= 4 is 37.2 Å². The van der Waals surface area contributed by atoms with Crippen LogP contribution in [0.1, 0.15) is 10.4 Å². The average molecular weight is 360 g/mol. The van der Waals surface area contributed by atoms with E-state index in [4.69, 9.17) is 27.0 Å². The Kier molecular flexibility index (Phi) is 4.72. The second-order valence-electron chi connectivity index (χ2n) is 4.21. The number of carbonyl (C=O) groups is 1. The Morgan fingerprint density at radius 3 is 2.38 bits per heavy atom. The topological polar surface area (TPSA) is 63.7 Å². The van der Waals surface area contributed by atoms with Crippen LogP contribution < -0.4 is 0 Å². The Morgan fingerprint density at radius 2 is 1.86 bits per heavy atom. The molecular formula is C11H9Cl2F2NO4S. The molecule has 1 saturated heterocycles. The highest BCUT2D eigenvalue weighted by Crippen LogP contribution is 2.33. The third-order valence-electron chi connectivity index (χ3n) is 2.89. The minimum Gasteiger partial charge on any atom is -0.378 e. The van der Waals surface area contributed by atoms with Gasteiger partial charge in [-0.15, -0.1) is 0 Å². The largest absolute Gasteiger partial charge is 0.378 e. The van der Waals surface area contributed by atoms with Gasteiger partial charge in [-0.1, -0.05) is 11.6 Å². The summed E-state index contributed by atoms with van der Waals surface area (Å²) in [6.07, 6.45) is 0. The van der Waals surface area contributed by atoms with Gasteiger partial charge >= 0.3 is 0 Å². The van der Waals surface area contributed by atoms with Gasteiger partial charge in [0, 0.05) is 23.8 Å². The number of halogens is 4. The summed E-state index contributed by atoms with van der Waals surface area (Å²) in [6.45, 7) is 1.04. The number of hydrogen-bond acceptors (Lipinski definition) is 4. The molecule has 1 amide bonds. The summed E-state index contributed by atoms with van der Waals surface area (Å²) in [6, 6.07) is 0.557. The highest BCUT2D eigenvalue weighted by Gasteiger charge is 2.30. The Balaban J connectivity index is 2.55. The van der Waals surface area contributed by atoms with Crippen molar-refractivity contribution in [1.82, 2.24) is 4.90 Å². The minimum atomic E-state index is -4.64. The van der Waals surface area contributed by atoms with E-state index < -0.39 is 42.1 Å². The first-order valence-electron chi connectivity index (χ1n) is 5.72. The second kappa shape index (κ2) is 6.04. The van der Waals surface area contributed by atoms with Crippen molar-refractivity contribution in [3.05, 3.63) is 28.3 Å². The fraction of sp³-hybridized carbons (Fsp3) is 0.364. The first-order chi connectivity index (χ1) is 9.73.